The Balaban J connectivity index is 1.48. The molecule has 0 aliphatic carbocycles. The first kappa shape index (κ1) is 19.7. The van der Waals surface area contributed by atoms with Crippen molar-refractivity contribution in [3.05, 3.63) is 62.1 Å². The number of carbonyl (C=O) groups is 3. The molecular weight excluding hydrogens is 404 g/mol. The smallest absolute Gasteiger partial charge is 0.293 e. The van der Waals surface area contributed by atoms with Crippen LogP contribution >= 0.6 is 34.7 Å². The topological polar surface area (TPSA) is 66.5 Å². The highest BCUT2D eigenvalue weighted by Crippen LogP contribution is 2.32. The minimum atomic E-state index is -0.340. The van der Waals surface area contributed by atoms with Gasteiger partial charge in [-0.05, 0) is 64.3 Å². The summed E-state index contributed by atoms with van der Waals surface area (Å²) in [5.41, 5.74) is 1.93. The minimum Gasteiger partial charge on any atom is -0.354 e. The first-order chi connectivity index (χ1) is 13.0. The van der Waals surface area contributed by atoms with Gasteiger partial charge in [0.25, 0.3) is 11.1 Å². The molecular formula is C19H17ClN2O3S2. The summed E-state index contributed by atoms with van der Waals surface area (Å²) in [7, 11) is 0. The summed E-state index contributed by atoms with van der Waals surface area (Å²) in [6, 6.07) is 9.01. The van der Waals surface area contributed by atoms with E-state index in [2.05, 4.69) is 5.32 Å². The van der Waals surface area contributed by atoms with Gasteiger partial charge in [0, 0.05) is 24.5 Å². The molecule has 8 heteroatoms. The van der Waals surface area contributed by atoms with Crippen molar-refractivity contribution >= 4 is 57.8 Å². The Hall–Kier alpha value is -2.09. The van der Waals surface area contributed by atoms with Gasteiger partial charge in [0.2, 0.25) is 5.91 Å². The number of benzene rings is 1. The highest BCUT2D eigenvalue weighted by molar-refractivity contribution is 8.18. The van der Waals surface area contributed by atoms with E-state index in [9.17, 15) is 14.4 Å². The van der Waals surface area contributed by atoms with Crippen molar-refractivity contribution < 1.29 is 14.4 Å². The predicted octanol–water partition coefficient (Wildman–Crippen LogP) is 4.19. The van der Waals surface area contributed by atoms with E-state index in [-0.39, 0.29) is 30.1 Å². The molecule has 1 aliphatic heterocycles. The normalized spacial score (nSPS) is 15.6. The van der Waals surface area contributed by atoms with E-state index in [1.807, 2.05) is 16.8 Å². The number of hydrogen-bond acceptors (Lipinski definition) is 5. The van der Waals surface area contributed by atoms with Crippen LogP contribution in [0.1, 0.15) is 17.5 Å². The van der Waals surface area contributed by atoms with Crippen molar-refractivity contribution in [3.63, 3.8) is 0 Å². The summed E-state index contributed by atoms with van der Waals surface area (Å²) < 4.78 is 0. The summed E-state index contributed by atoms with van der Waals surface area (Å²) in [4.78, 5) is 37.9. The van der Waals surface area contributed by atoms with Gasteiger partial charge in [-0.1, -0.05) is 23.7 Å². The lowest BCUT2D eigenvalue weighted by molar-refractivity contribution is -0.124. The number of thioether (sulfide) groups is 1. The average molecular weight is 421 g/mol. The highest BCUT2D eigenvalue weighted by atomic mass is 35.5. The maximum atomic E-state index is 12.4. The quantitative estimate of drug-likeness (QED) is 0.682. The summed E-state index contributed by atoms with van der Waals surface area (Å²) in [5, 5.41) is 7.03. The van der Waals surface area contributed by atoms with Gasteiger partial charge in [0.1, 0.15) is 0 Å². The number of nitrogens with zero attached hydrogens (tertiary/aromatic N) is 1. The summed E-state index contributed by atoms with van der Waals surface area (Å²) in [6.07, 6.45) is 2.73. The Labute approximate surface area is 170 Å². The lowest BCUT2D eigenvalue weighted by atomic mass is 10.2. The monoisotopic (exact) mass is 420 g/mol. The van der Waals surface area contributed by atoms with Crippen LogP contribution in [-0.4, -0.2) is 35.0 Å². The molecule has 0 spiro atoms. The van der Waals surface area contributed by atoms with Gasteiger partial charge in [-0.2, -0.15) is 11.3 Å². The van der Waals surface area contributed by atoms with Crippen molar-refractivity contribution in [2.24, 2.45) is 0 Å². The van der Waals surface area contributed by atoms with Gasteiger partial charge < -0.3 is 5.32 Å². The Morgan fingerprint density at radius 2 is 1.96 bits per heavy atom. The lowest BCUT2D eigenvalue weighted by Crippen LogP contribution is -2.37. The SMILES string of the molecule is O=C(CCc1ccsc1)NCCN1C(=O)S/C(=C\c2ccc(Cl)cc2)C1=O. The third-order valence-electron chi connectivity index (χ3n) is 3.92. The van der Waals surface area contributed by atoms with Crippen LogP contribution in [-0.2, 0) is 16.0 Å². The predicted molar refractivity (Wildman–Crippen MR) is 110 cm³/mol. The molecule has 27 heavy (non-hydrogen) atoms. The molecule has 1 saturated heterocycles. The zero-order valence-electron chi connectivity index (χ0n) is 14.3. The first-order valence-electron chi connectivity index (χ1n) is 8.31. The Morgan fingerprint density at radius 1 is 1.19 bits per heavy atom. The second kappa shape index (κ2) is 9.21. The number of halogens is 1. The molecule has 0 radical (unpaired) electrons. The molecule has 1 N–H and O–H groups in total. The molecule has 3 amide bonds. The van der Waals surface area contributed by atoms with Gasteiger partial charge in [-0.25, -0.2) is 0 Å². The summed E-state index contributed by atoms with van der Waals surface area (Å²) in [5.74, 6) is -0.433. The third kappa shape index (κ3) is 5.45. The maximum Gasteiger partial charge on any atom is 0.293 e. The van der Waals surface area contributed by atoms with Crippen molar-refractivity contribution in [2.75, 3.05) is 13.1 Å². The molecule has 5 nitrogen and oxygen atoms in total. The molecule has 0 saturated carbocycles. The van der Waals surface area contributed by atoms with E-state index in [0.717, 1.165) is 27.8 Å². The minimum absolute atomic E-state index is 0.0927. The molecule has 2 heterocycles. The number of rotatable bonds is 7. The summed E-state index contributed by atoms with van der Waals surface area (Å²) in [6.45, 7) is 0.404. The zero-order valence-corrected chi connectivity index (χ0v) is 16.7. The fraction of sp³-hybridized carbons (Fsp3) is 0.211. The van der Waals surface area contributed by atoms with Gasteiger partial charge in [0.05, 0.1) is 4.91 Å². The molecule has 2 aromatic rings. The number of hydrogen-bond donors (Lipinski definition) is 1. The molecule has 1 aromatic heterocycles. The van der Waals surface area contributed by atoms with Crippen LogP contribution in [0.4, 0.5) is 4.79 Å². The Bertz CT molecular complexity index is 864. The number of carbonyl (C=O) groups excluding carboxylic acids is 3. The van der Waals surface area contributed by atoms with E-state index in [1.54, 1.807) is 41.7 Å². The van der Waals surface area contributed by atoms with Gasteiger partial charge in [-0.15, -0.1) is 0 Å². The van der Waals surface area contributed by atoms with E-state index < -0.39 is 0 Å². The number of thiophene rings is 1. The molecule has 1 aromatic carbocycles. The van der Waals surface area contributed by atoms with Crippen LogP contribution in [0, 0.1) is 0 Å². The van der Waals surface area contributed by atoms with E-state index >= 15 is 0 Å². The molecule has 0 bridgehead atoms. The first-order valence-corrected chi connectivity index (χ1v) is 10.5. The van der Waals surface area contributed by atoms with Gasteiger partial charge >= 0.3 is 0 Å². The number of nitrogens with one attached hydrogen (secondary N) is 1. The van der Waals surface area contributed by atoms with E-state index in [0.29, 0.717) is 22.8 Å². The number of aryl methyl sites for hydroxylation is 1. The third-order valence-corrected chi connectivity index (χ3v) is 5.81. The highest BCUT2D eigenvalue weighted by Gasteiger charge is 2.34. The standard InChI is InChI=1S/C19H17ClN2O3S2/c20-15-4-1-13(2-5-15)11-16-18(24)22(19(25)27-16)9-8-21-17(23)6-3-14-7-10-26-12-14/h1-2,4-5,7,10-12H,3,6,8-9H2,(H,21,23)/b16-11-. The number of amides is 3. The second-order valence-corrected chi connectivity index (χ2v) is 8.08. The van der Waals surface area contributed by atoms with Crippen LogP contribution in [0.15, 0.2) is 46.0 Å². The fourth-order valence-corrected chi connectivity index (χ4v) is 4.19. The van der Waals surface area contributed by atoms with Gasteiger partial charge in [-0.3, -0.25) is 19.3 Å². The van der Waals surface area contributed by atoms with Gasteiger partial charge in [0.15, 0.2) is 0 Å². The molecule has 0 unspecified atom stereocenters. The maximum absolute atomic E-state index is 12.4. The van der Waals surface area contributed by atoms with Crippen molar-refractivity contribution in [1.82, 2.24) is 10.2 Å². The van der Waals surface area contributed by atoms with Crippen LogP contribution in [0.2, 0.25) is 5.02 Å². The van der Waals surface area contributed by atoms with Crippen molar-refractivity contribution in [1.29, 1.82) is 0 Å². The fourth-order valence-electron chi connectivity index (χ4n) is 2.49. The molecule has 140 valence electrons. The largest absolute Gasteiger partial charge is 0.354 e. The molecule has 0 atom stereocenters. The van der Waals surface area contributed by atoms with Crippen molar-refractivity contribution in [2.45, 2.75) is 12.8 Å². The van der Waals surface area contributed by atoms with E-state index in [1.165, 1.54) is 0 Å². The Kier molecular flexibility index (Phi) is 6.71. The van der Waals surface area contributed by atoms with Crippen LogP contribution in [0.3, 0.4) is 0 Å². The van der Waals surface area contributed by atoms with Crippen LogP contribution < -0.4 is 5.32 Å². The second-order valence-electron chi connectivity index (χ2n) is 5.87. The average Bonchev–Trinajstić information content (AvgIpc) is 3.26. The molecule has 1 fully saturated rings. The molecule has 3 rings (SSSR count). The molecule has 1 aliphatic rings. The van der Waals surface area contributed by atoms with Crippen LogP contribution in [0.5, 0.6) is 0 Å². The van der Waals surface area contributed by atoms with Crippen molar-refractivity contribution in [3.8, 4) is 0 Å². The summed E-state index contributed by atoms with van der Waals surface area (Å²) >= 11 is 8.35. The zero-order chi connectivity index (χ0) is 19.2. The van der Waals surface area contributed by atoms with E-state index in [4.69, 9.17) is 11.6 Å². The number of imide groups is 1. The van der Waals surface area contributed by atoms with Crippen LogP contribution in [0.25, 0.3) is 6.08 Å². The Morgan fingerprint density at radius 3 is 2.67 bits per heavy atom. The lowest BCUT2D eigenvalue weighted by Gasteiger charge is -2.12.